The molecular formula is C16H25N5O. The molecular weight excluding hydrogens is 278 g/mol. The van der Waals surface area contributed by atoms with Crippen molar-refractivity contribution in [3.05, 3.63) is 29.9 Å². The van der Waals surface area contributed by atoms with Crippen molar-refractivity contribution in [1.82, 2.24) is 24.6 Å². The Labute approximate surface area is 131 Å². The molecule has 1 aliphatic rings. The maximum absolute atomic E-state index is 5.44. The molecule has 0 radical (unpaired) electrons. The van der Waals surface area contributed by atoms with Crippen molar-refractivity contribution in [3.63, 3.8) is 0 Å². The molecule has 1 saturated heterocycles. The van der Waals surface area contributed by atoms with E-state index < -0.39 is 0 Å². The third-order valence-electron chi connectivity index (χ3n) is 4.48. The smallest absolute Gasteiger partial charge is 0.229 e. The molecule has 0 aliphatic carbocycles. The van der Waals surface area contributed by atoms with E-state index in [9.17, 15) is 0 Å². The lowest BCUT2D eigenvalue weighted by Crippen LogP contribution is -2.34. The molecule has 2 aromatic rings. The highest BCUT2D eigenvalue weighted by atomic mass is 16.5. The molecule has 22 heavy (non-hydrogen) atoms. The van der Waals surface area contributed by atoms with Gasteiger partial charge in [-0.15, -0.1) is 0 Å². The summed E-state index contributed by atoms with van der Waals surface area (Å²) in [4.78, 5) is 11.4. The van der Waals surface area contributed by atoms with Gasteiger partial charge in [0.25, 0.3) is 0 Å². The average molecular weight is 303 g/mol. The second-order valence-corrected chi connectivity index (χ2v) is 6.47. The predicted octanol–water partition coefficient (Wildman–Crippen LogP) is 2.35. The lowest BCUT2D eigenvalue weighted by molar-refractivity contribution is 0.195. The SMILES string of the molecule is CC(C)c1noc(C2CCN(CCc3nccn3C)CC2)n1. The van der Waals surface area contributed by atoms with E-state index in [-0.39, 0.29) is 0 Å². The number of nitrogens with zero attached hydrogens (tertiary/aromatic N) is 5. The number of aryl methyl sites for hydroxylation is 1. The van der Waals surface area contributed by atoms with E-state index in [1.165, 1.54) is 0 Å². The van der Waals surface area contributed by atoms with Crippen LogP contribution in [-0.4, -0.2) is 44.2 Å². The minimum absolute atomic E-state index is 0.329. The highest BCUT2D eigenvalue weighted by Crippen LogP contribution is 2.27. The van der Waals surface area contributed by atoms with Crippen LogP contribution in [0.15, 0.2) is 16.9 Å². The molecule has 0 N–H and O–H groups in total. The fourth-order valence-electron chi connectivity index (χ4n) is 2.95. The van der Waals surface area contributed by atoms with Crippen LogP contribution in [0.1, 0.15) is 56.1 Å². The normalized spacial score (nSPS) is 17.5. The molecule has 0 spiro atoms. The Balaban J connectivity index is 1.48. The van der Waals surface area contributed by atoms with Crippen LogP contribution in [-0.2, 0) is 13.5 Å². The molecule has 3 rings (SSSR count). The van der Waals surface area contributed by atoms with E-state index in [1.54, 1.807) is 0 Å². The first-order valence-corrected chi connectivity index (χ1v) is 8.15. The van der Waals surface area contributed by atoms with Crippen molar-refractivity contribution < 1.29 is 4.52 Å². The van der Waals surface area contributed by atoms with Gasteiger partial charge in [0.1, 0.15) is 5.82 Å². The molecule has 1 aliphatic heterocycles. The standard InChI is InChI=1S/C16H25N5O/c1-12(2)15-18-16(22-19-15)13-4-8-21(9-5-13)10-6-14-17-7-11-20(14)3/h7,11-13H,4-6,8-10H2,1-3H3. The molecule has 0 saturated carbocycles. The molecule has 6 heteroatoms. The Morgan fingerprint density at radius 3 is 2.68 bits per heavy atom. The van der Waals surface area contributed by atoms with Crippen LogP contribution in [0.3, 0.4) is 0 Å². The zero-order valence-corrected chi connectivity index (χ0v) is 13.7. The first-order chi connectivity index (χ1) is 10.6. The van der Waals surface area contributed by atoms with Gasteiger partial charge in [-0.3, -0.25) is 0 Å². The van der Waals surface area contributed by atoms with Crippen molar-refractivity contribution in [2.75, 3.05) is 19.6 Å². The number of likely N-dealkylation sites (tertiary alicyclic amines) is 1. The van der Waals surface area contributed by atoms with Crippen LogP contribution in [0.4, 0.5) is 0 Å². The molecule has 0 amide bonds. The summed E-state index contributed by atoms with van der Waals surface area (Å²) in [6.07, 6.45) is 7.07. The van der Waals surface area contributed by atoms with E-state index >= 15 is 0 Å². The summed E-state index contributed by atoms with van der Waals surface area (Å²) in [5.74, 6) is 3.56. The average Bonchev–Trinajstić information content (AvgIpc) is 3.15. The summed E-state index contributed by atoms with van der Waals surface area (Å²) in [5.41, 5.74) is 0. The summed E-state index contributed by atoms with van der Waals surface area (Å²) in [6.45, 7) is 7.44. The molecule has 3 heterocycles. The number of imidazole rings is 1. The zero-order chi connectivity index (χ0) is 15.5. The fraction of sp³-hybridized carbons (Fsp3) is 0.688. The van der Waals surface area contributed by atoms with Crippen molar-refractivity contribution in [2.24, 2.45) is 7.05 Å². The number of piperidine rings is 1. The quantitative estimate of drug-likeness (QED) is 0.848. The maximum atomic E-state index is 5.44. The fourth-order valence-corrected chi connectivity index (χ4v) is 2.95. The van der Waals surface area contributed by atoms with Crippen LogP contribution in [0.25, 0.3) is 0 Å². The van der Waals surface area contributed by atoms with Gasteiger partial charge < -0.3 is 14.0 Å². The van der Waals surface area contributed by atoms with Crippen molar-refractivity contribution in [3.8, 4) is 0 Å². The first-order valence-electron chi connectivity index (χ1n) is 8.15. The molecule has 1 fully saturated rings. The molecule has 0 unspecified atom stereocenters. The maximum Gasteiger partial charge on any atom is 0.229 e. The number of rotatable bonds is 5. The van der Waals surface area contributed by atoms with E-state index in [2.05, 4.69) is 45.5 Å². The second-order valence-electron chi connectivity index (χ2n) is 6.47. The predicted molar refractivity (Wildman–Crippen MR) is 83.7 cm³/mol. The molecule has 120 valence electrons. The summed E-state index contributed by atoms with van der Waals surface area (Å²) in [7, 11) is 2.05. The third-order valence-corrected chi connectivity index (χ3v) is 4.48. The Morgan fingerprint density at radius 2 is 2.09 bits per heavy atom. The molecule has 2 aromatic heterocycles. The minimum atomic E-state index is 0.329. The van der Waals surface area contributed by atoms with Gasteiger partial charge in [0.15, 0.2) is 5.82 Å². The Hall–Kier alpha value is -1.69. The summed E-state index contributed by atoms with van der Waals surface area (Å²) >= 11 is 0. The zero-order valence-electron chi connectivity index (χ0n) is 13.7. The Kier molecular flexibility index (Phi) is 4.57. The molecule has 0 bridgehead atoms. The summed E-state index contributed by atoms with van der Waals surface area (Å²) in [5, 5.41) is 4.08. The Bertz CT molecular complexity index is 595. The highest BCUT2D eigenvalue weighted by Gasteiger charge is 2.25. The lowest BCUT2D eigenvalue weighted by Gasteiger charge is -2.30. The van der Waals surface area contributed by atoms with Crippen LogP contribution in [0.5, 0.6) is 0 Å². The molecule has 0 aromatic carbocycles. The largest absolute Gasteiger partial charge is 0.339 e. The Morgan fingerprint density at radius 1 is 1.32 bits per heavy atom. The van der Waals surface area contributed by atoms with Gasteiger partial charge in [-0.05, 0) is 25.9 Å². The van der Waals surface area contributed by atoms with Crippen LogP contribution in [0, 0.1) is 0 Å². The van der Waals surface area contributed by atoms with Gasteiger partial charge in [0, 0.05) is 44.2 Å². The van der Waals surface area contributed by atoms with Crippen molar-refractivity contribution >= 4 is 0 Å². The van der Waals surface area contributed by atoms with Crippen molar-refractivity contribution in [2.45, 2.75) is 44.9 Å². The number of hydrogen-bond donors (Lipinski definition) is 0. The van der Waals surface area contributed by atoms with Crippen LogP contribution in [0.2, 0.25) is 0 Å². The van der Waals surface area contributed by atoms with Gasteiger partial charge in [0.05, 0.1) is 0 Å². The van der Waals surface area contributed by atoms with Gasteiger partial charge >= 0.3 is 0 Å². The van der Waals surface area contributed by atoms with Gasteiger partial charge in [-0.25, -0.2) is 4.98 Å². The first kappa shape index (κ1) is 15.2. The van der Waals surface area contributed by atoms with Crippen molar-refractivity contribution in [1.29, 1.82) is 0 Å². The van der Waals surface area contributed by atoms with Crippen LogP contribution >= 0.6 is 0 Å². The van der Waals surface area contributed by atoms with Crippen LogP contribution < -0.4 is 0 Å². The number of aromatic nitrogens is 4. The van der Waals surface area contributed by atoms with Gasteiger partial charge in [-0.1, -0.05) is 19.0 Å². The summed E-state index contributed by atoms with van der Waals surface area (Å²) in [6, 6.07) is 0. The monoisotopic (exact) mass is 303 g/mol. The molecule has 6 nitrogen and oxygen atoms in total. The third kappa shape index (κ3) is 3.38. The summed E-state index contributed by atoms with van der Waals surface area (Å²) < 4.78 is 7.54. The van der Waals surface area contributed by atoms with E-state index in [4.69, 9.17) is 4.52 Å². The van der Waals surface area contributed by atoms with Gasteiger partial charge in [0.2, 0.25) is 5.89 Å². The van der Waals surface area contributed by atoms with E-state index in [0.29, 0.717) is 11.8 Å². The van der Waals surface area contributed by atoms with Gasteiger partial charge in [-0.2, -0.15) is 4.98 Å². The topological polar surface area (TPSA) is 60.0 Å². The highest BCUT2D eigenvalue weighted by molar-refractivity contribution is 4.99. The second kappa shape index (κ2) is 6.60. The molecule has 0 atom stereocenters. The van der Waals surface area contributed by atoms with E-state index in [0.717, 1.165) is 56.4 Å². The van der Waals surface area contributed by atoms with E-state index in [1.807, 2.05) is 12.4 Å². The minimum Gasteiger partial charge on any atom is -0.339 e. The number of hydrogen-bond acceptors (Lipinski definition) is 5. The lowest BCUT2D eigenvalue weighted by atomic mass is 9.96.